The van der Waals surface area contributed by atoms with Gasteiger partial charge in [0.15, 0.2) is 0 Å². The highest BCUT2D eigenvalue weighted by Crippen LogP contribution is 2.19. The quantitative estimate of drug-likeness (QED) is 0.827. The van der Waals surface area contributed by atoms with Gasteiger partial charge in [-0.25, -0.2) is 0 Å². The Hall–Kier alpha value is -1.35. The minimum absolute atomic E-state index is 0.278. The summed E-state index contributed by atoms with van der Waals surface area (Å²) >= 11 is 0. The molecule has 0 atom stereocenters. The van der Waals surface area contributed by atoms with Crippen molar-refractivity contribution in [2.45, 2.75) is 38.6 Å². The number of carbonyl (C=O) groups excluding carboxylic acids is 1. The summed E-state index contributed by atoms with van der Waals surface area (Å²) in [6, 6.07) is 8.46. The normalized spacial score (nSPS) is 15.1. The maximum atomic E-state index is 12.1. The number of nitrogens with two attached hydrogens (primary N) is 1. The van der Waals surface area contributed by atoms with E-state index < -0.39 is 0 Å². The molecule has 3 nitrogen and oxygen atoms in total. The van der Waals surface area contributed by atoms with Crippen LogP contribution in [0.15, 0.2) is 24.3 Å². The smallest absolute Gasteiger partial charge is 0.222 e. The zero-order valence-corrected chi connectivity index (χ0v) is 10.9. The summed E-state index contributed by atoms with van der Waals surface area (Å²) < 4.78 is 0. The van der Waals surface area contributed by atoms with E-state index in [1.807, 2.05) is 4.90 Å². The molecular weight excluding hydrogens is 224 g/mol. The average Bonchev–Trinajstić information content (AvgIpc) is 2.61. The van der Waals surface area contributed by atoms with Crippen LogP contribution in [0.25, 0.3) is 0 Å². The van der Waals surface area contributed by atoms with Crippen molar-refractivity contribution < 1.29 is 4.79 Å². The van der Waals surface area contributed by atoms with E-state index in [-0.39, 0.29) is 5.91 Å². The first-order chi connectivity index (χ1) is 8.81. The van der Waals surface area contributed by atoms with Gasteiger partial charge >= 0.3 is 0 Å². The van der Waals surface area contributed by atoms with Gasteiger partial charge in [-0.05, 0) is 43.4 Å². The van der Waals surface area contributed by atoms with Crippen LogP contribution in [0.4, 0.5) is 0 Å². The van der Waals surface area contributed by atoms with Crippen molar-refractivity contribution in [2.24, 2.45) is 5.73 Å². The third kappa shape index (κ3) is 3.33. The summed E-state index contributed by atoms with van der Waals surface area (Å²) in [6.45, 7) is 2.34. The van der Waals surface area contributed by atoms with E-state index in [1.165, 1.54) is 11.1 Å². The predicted molar refractivity (Wildman–Crippen MR) is 73.1 cm³/mol. The van der Waals surface area contributed by atoms with E-state index in [0.717, 1.165) is 38.8 Å². The van der Waals surface area contributed by atoms with E-state index >= 15 is 0 Å². The van der Waals surface area contributed by atoms with Crippen LogP contribution in [0.5, 0.6) is 0 Å². The Morgan fingerprint density at radius 2 is 2.00 bits per heavy atom. The van der Waals surface area contributed by atoms with Crippen molar-refractivity contribution in [3.8, 4) is 0 Å². The number of hydrogen-bond donors (Lipinski definition) is 1. The standard InChI is InChI=1S/C15H22N2O/c16-10-4-3-9-15(18)17-11-5-8-13-6-1-2-7-14(13)12-17/h1-2,6-7H,3-5,8-12,16H2. The second-order valence-corrected chi connectivity index (χ2v) is 4.93. The molecule has 0 fully saturated rings. The molecule has 0 spiro atoms. The first-order valence-electron chi connectivity index (χ1n) is 6.86. The van der Waals surface area contributed by atoms with Gasteiger partial charge in [-0.15, -0.1) is 0 Å². The third-order valence-corrected chi connectivity index (χ3v) is 3.55. The average molecular weight is 246 g/mol. The second-order valence-electron chi connectivity index (χ2n) is 4.93. The van der Waals surface area contributed by atoms with E-state index in [2.05, 4.69) is 24.3 Å². The number of carbonyl (C=O) groups is 1. The van der Waals surface area contributed by atoms with Gasteiger partial charge in [-0.2, -0.15) is 0 Å². The highest BCUT2D eigenvalue weighted by Gasteiger charge is 2.17. The zero-order valence-electron chi connectivity index (χ0n) is 10.9. The van der Waals surface area contributed by atoms with Crippen LogP contribution in [-0.4, -0.2) is 23.9 Å². The van der Waals surface area contributed by atoms with Gasteiger partial charge in [0, 0.05) is 19.5 Å². The van der Waals surface area contributed by atoms with Crippen molar-refractivity contribution in [3.05, 3.63) is 35.4 Å². The van der Waals surface area contributed by atoms with Gasteiger partial charge < -0.3 is 10.6 Å². The van der Waals surface area contributed by atoms with Gasteiger partial charge in [-0.1, -0.05) is 24.3 Å². The third-order valence-electron chi connectivity index (χ3n) is 3.55. The molecular formula is C15H22N2O. The summed E-state index contributed by atoms with van der Waals surface area (Å²) in [5, 5.41) is 0. The fourth-order valence-corrected chi connectivity index (χ4v) is 2.49. The fourth-order valence-electron chi connectivity index (χ4n) is 2.49. The molecule has 0 aliphatic carbocycles. The van der Waals surface area contributed by atoms with E-state index in [4.69, 9.17) is 5.73 Å². The first-order valence-corrected chi connectivity index (χ1v) is 6.86. The number of fused-ring (bicyclic) bond motifs is 1. The minimum Gasteiger partial charge on any atom is -0.338 e. The van der Waals surface area contributed by atoms with Gasteiger partial charge in [-0.3, -0.25) is 4.79 Å². The predicted octanol–water partition coefficient (Wildman–Crippen LogP) is 2.09. The molecule has 3 heteroatoms. The molecule has 0 aromatic heterocycles. The molecule has 18 heavy (non-hydrogen) atoms. The molecule has 1 heterocycles. The van der Waals surface area contributed by atoms with Gasteiger partial charge in [0.25, 0.3) is 0 Å². The van der Waals surface area contributed by atoms with Gasteiger partial charge in [0.1, 0.15) is 0 Å². The van der Waals surface area contributed by atoms with Crippen molar-refractivity contribution in [3.63, 3.8) is 0 Å². The summed E-state index contributed by atoms with van der Waals surface area (Å²) in [6.07, 6.45) is 4.64. The number of aryl methyl sites for hydroxylation is 1. The van der Waals surface area contributed by atoms with Crippen molar-refractivity contribution in [1.82, 2.24) is 4.90 Å². The molecule has 1 amide bonds. The number of unbranched alkanes of at least 4 members (excludes halogenated alkanes) is 1. The summed E-state index contributed by atoms with van der Waals surface area (Å²) in [5.74, 6) is 0.278. The highest BCUT2D eigenvalue weighted by molar-refractivity contribution is 5.76. The molecule has 98 valence electrons. The minimum atomic E-state index is 0.278. The molecule has 1 aliphatic rings. The van der Waals surface area contributed by atoms with Crippen LogP contribution in [0, 0.1) is 0 Å². The number of hydrogen-bond acceptors (Lipinski definition) is 2. The number of amides is 1. The van der Waals surface area contributed by atoms with Crippen LogP contribution in [0.3, 0.4) is 0 Å². The van der Waals surface area contributed by atoms with Crippen LogP contribution in [0.2, 0.25) is 0 Å². The Morgan fingerprint density at radius 1 is 1.22 bits per heavy atom. The lowest BCUT2D eigenvalue weighted by molar-refractivity contribution is -0.131. The molecule has 1 aromatic rings. The zero-order chi connectivity index (χ0) is 12.8. The van der Waals surface area contributed by atoms with E-state index in [9.17, 15) is 4.79 Å². The Morgan fingerprint density at radius 3 is 2.78 bits per heavy atom. The Bertz CT molecular complexity index is 403. The SMILES string of the molecule is NCCCCC(=O)N1CCCc2ccccc2C1. The van der Waals surface area contributed by atoms with Crippen LogP contribution in [0.1, 0.15) is 36.8 Å². The van der Waals surface area contributed by atoms with Gasteiger partial charge in [0.2, 0.25) is 5.91 Å². The van der Waals surface area contributed by atoms with E-state index in [1.54, 1.807) is 0 Å². The largest absolute Gasteiger partial charge is 0.338 e. The Balaban J connectivity index is 1.97. The first kappa shape index (κ1) is 13.1. The highest BCUT2D eigenvalue weighted by atomic mass is 16.2. The maximum Gasteiger partial charge on any atom is 0.222 e. The number of benzene rings is 1. The number of nitrogens with zero attached hydrogens (tertiary/aromatic N) is 1. The van der Waals surface area contributed by atoms with Crippen LogP contribution in [-0.2, 0) is 17.8 Å². The van der Waals surface area contributed by atoms with E-state index in [0.29, 0.717) is 13.0 Å². The molecule has 0 radical (unpaired) electrons. The molecule has 1 aromatic carbocycles. The molecule has 0 unspecified atom stereocenters. The van der Waals surface area contributed by atoms with Crippen LogP contribution >= 0.6 is 0 Å². The lowest BCUT2D eigenvalue weighted by Gasteiger charge is -2.21. The monoisotopic (exact) mass is 246 g/mol. The summed E-state index contributed by atoms with van der Waals surface area (Å²) in [4.78, 5) is 14.1. The second kappa shape index (κ2) is 6.55. The Kier molecular flexibility index (Phi) is 4.76. The Labute approximate surface area is 109 Å². The molecule has 2 rings (SSSR count). The lowest BCUT2D eigenvalue weighted by Crippen LogP contribution is -2.30. The van der Waals surface area contributed by atoms with Crippen molar-refractivity contribution >= 4 is 5.91 Å². The maximum absolute atomic E-state index is 12.1. The molecule has 0 saturated heterocycles. The molecule has 1 aliphatic heterocycles. The van der Waals surface area contributed by atoms with Crippen molar-refractivity contribution in [1.29, 1.82) is 0 Å². The topological polar surface area (TPSA) is 46.3 Å². The van der Waals surface area contributed by atoms with Gasteiger partial charge in [0.05, 0.1) is 0 Å². The number of rotatable bonds is 4. The molecule has 2 N–H and O–H groups in total. The summed E-state index contributed by atoms with van der Waals surface area (Å²) in [5.41, 5.74) is 8.16. The van der Waals surface area contributed by atoms with Crippen molar-refractivity contribution in [2.75, 3.05) is 13.1 Å². The summed E-state index contributed by atoms with van der Waals surface area (Å²) in [7, 11) is 0. The molecule has 0 saturated carbocycles. The lowest BCUT2D eigenvalue weighted by atomic mass is 10.0. The molecule has 0 bridgehead atoms. The van der Waals surface area contributed by atoms with Crippen LogP contribution < -0.4 is 5.73 Å². The fraction of sp³-hybridized carbons (Fsp3) is 0.533.